The van der Waals surface area contributed by atoms with E-state index in [-0.39, 0.29) is 6.10 Å². The predicted octanol–water partition coefficient (Wildman–Crippen LogP) is 2.63. The van der Waals surface area contributed by atoms with E-state index in [0.29, 0.717) is 22.6 Å². The molecule has 0 unspecified atom stereocenters. The van der Waals surface area contributed by atoms with Crippen molar-refractivity contribution in [2.24, 2.45) is 0 Å². The third-order valence-electron chi connectivity index (χ3n) is 4.81. The van der Waals surface area contributed by atoms with Gasteiger partial charge in [-0.15, -0.1) is 0 Å². The number of benzene rings is 1. The number of hydrogen-bond donors (Lipinski definition) is 1. The van der Waals surface area contributed by atoms with E-state index in [1.54, 1.807) is 28.9 Å². The van der Waals surface area contributed by atoms with E-state index < -0.39 is 5.63 Å². The van der Waals surface area contributed by atoms with Gasteiger partial charge in [0.2, 0.25) is 5.78 Å². The molecule has 1 aromatic carbocycles. The second kappa shape index (κ2) is 6.51. The summed E-state index contributed by atoms with van der Waals surface area (Å²) in [5.41, 5.74) is 1.04. The zero-order chi connectivity index (χ0) is 18.2. The average Bonchev–Trinajstić information content (AvgIpc) is 3.12. The molecule has 4 aromatic rings. The minimum Gasteiger partial charge on any atom is -0.490 e. The van der Waals surface area contributed by atoms with Crippen LogP contribution >= 0.6 is 0 Å². The lowest BCUT2D eigenvalue weighted by Gasteiger charge is -2.23. The molecular weight excluding hydrogens is 344 g/mol. The highest BCUT2D eigenvalue weighted by Crippen LogP contribution is 2.25. The van der Waals surface area contributed by atoms with Crippen LogP contribution in [-0.4, -0.2) is 33.6 Å². The molecule has 1 saturated heterocycles. The second-order valence-corrected chi connectivity index (χ2v) is 6.67. The summed E-state index contributed by atoms with van der Waals surface area (Å²) in [5.74, 6) is 1.26. The fourth-order valence-electron chi connectivity index (χ4n) is 3.41. The number of piperidine rings is 1. The molecule has 27 heavy (non-hydrogen) atoms. The number of imidazole rings is 1. The van der Waals surface area contributed by atoms with Crippen LogP contribution in [0.5, 0.6) is 5.75 Å². The van der Waals surface area contributed by atoms with E-state index >= 15 is 0 Å². The number of ether oxygens (including phenoxy) is 1. The zero-order valence-electron chi connectivity index (χ0n) is 14.6. The summed E-state index contributed by atoms with van der Waals surface area (Å²) >= 11 is 0. The van der Waals surface area contributed by atoms with Crippen LogP contribution in [0, 0.1) is 0 Å². The van der Waals surface area contributed by atoms with Crippen molar-refractivity contribution in [1.82, 2.24) is 19.7 Å². The predicted molar refractivity (Wildman–Crippen MR) is 101 cm³/mol. The first kappa shape index (κ1) is 16.0. The van der Waals surface area contributed by atoms with Crippen molar-refractivity contribution in [2.45, 2.75) is 18.9 Å². The lowest BCUT2D eigenvalue weighted by atomic mass is 10.1. The fraction of sp³-hybridized carbons (Fsp3) is 0.250. The standard InChI is InChI=1S/C20H18N4O3/c25-19-16(17-12-24-9-1-6-22-20(24)23-17)10-13-2-3-15(11-18(13)27-19)26-14-4-7-21-8-5-14/h1-3,6,9-12,14,21H,4-5,7-8H2. The molecule has 7 nitrogen and oxygen atoms in total. The largest absolute Gasteiger partial charge is 0.490 e. The summed E-state index contributed by atoms with van der Waals surface area (Å²) in [5, 5.41) is 4.14. The van der Waals surface area contributed by atoms with Crippen LogP contribution in [0.4, 0.5) is 0 Å². The average molecular weight is 362 g/mol. The molecule has 1 fully saturated rings. The number of fused-ring (bicyclic) bond motifs is 2. The van der Waals surface area contributed by atoms with E-state index in [1.165, 1.54) is 0 Å². The van der Waals surface area contributed by atoms with Gasteiger partial charge < -0.3 is 14.5 Å². The minimum absolute atomic E-state index is 0.195. The minimum atomic E-state index is -0.426. The van der Waals surface area contributed by atoms with Crippen molar-refractivity contribution in [3.8, 4) is 17.0 Å². The molecule has 0 saturated carbocycles. The molecule has 0 radical (unpaired) electrons. The normalized spacial score (nSPS) is 15.4. The molecule has 4 heterocycles. The maximum Gasteiger partial charge on any atom is 0.345 e. The molecular formula is C20H18N4O3. The topological polar surface area (TPSA) is 81.7 Å². The van der Waals surface area contributed by atoms with Crippen molar-refractivity contribution in [1.29, 1.82) is 0 Å². The van der Waals surface area contributed by atoms with E-state index in [9.17, 15) is 4.79 Å². The molecule has 0 spiro atoms. The van der Waals surface area contributed by atoms with Gasteiger partial charge in [-0.25, -0.2) is 14.8 Å². The lowest BCUT2D eigenvalue weighted by Crippen LogP contribution is -2.34. The second-order valence-electron chi connectivity index (χ2n) is 6.67. The van der Waals surface area contributed by atoms with Crippen LogP contribution in [-0.2, 0) is 0 Å². The Morgan fingerprint density at radius 3 is 2.96 bits per heavy atom. The SMILES string of the molecule is O=c1oc2cc(OC3CCNCC3)ccc2cc1-c1cn2cccnc2n1. The summed E-state index contributed by atoms with van der Waals surface area (Å²) in [6.45, 7) is 1.93. The summed E-state index contributed by atoms with van der Waals surface area (Å²) in [4.78, 5) is 21.1. The Hall–Kier alpha value is -3.19. The summed E-state index contributed by atoms with van der Waals surface area (Å²) in [7, 11) is 0. The first-order chi connectivity index (χ1) is 13.3. The summed E-state index contributed by atoms with van der Waals surface area (Å²) in [6.07, 6.45) is 7.42. The van der Waals surface area contributed by atoms with Gasteiger partial charge in [-0.1, -0.05) is 0 Å². The van der Waals surface area contributed by atoms with Gasteiger partial charge in [0.15, 0.2) is 0 Å². The van der Waals surface area contributed by atoms with E-state index in [2.05, 4.69) is 15.3 Å². The molecule has 1 aliphatic rings. The van der Waals surface area contributed by atoms with E-state index in [4.69, 9.17) is 9.15 Å². The molecule has 136 valence electrons. The third kappa shape index (κ3) is 3.06. The van der Waals surface area contributed by atoms with Gasteiger partial charge in [0, 0.05) is 30.0 Å². The van der Waals surface area contributed by atoms with Crippen molar-refractivity contribution in [3.05, 3.63) is 59.3 Å². The number of hydrogen-bond acceptors (Lipinski definition) is 6. The molecule has 0 aliphatic carbocycles. The fourth-order valence-corrected chi connectivity index (χ4v) is 3.41. The highest BCUT2D eigenvalue weighted by atomic mass is 16.5. The Kier molecular flexibility index (Phi) is 3.86. The Balaban J connectivity index is 1.51. The van der Waals surface area contributed by atoms with Gasteiger partial charge in [-0.3, -0.25) is 4.40 Å². The molecule has 0 atom stereocenters. The zero-order valence-corrected chi connectivity index (χ0v) is 14.6. The van der Waals surface area contributed by atoms with Gasteiger partial charge in [-0.05, 0) is 50.2 Å². The van der Waals surface area contributed by atoms with Crippen molar-refractivity contribution in [3.63, 3.8) is 0 Å². The number of aromatic nitrogens is 3. The van der Waals surface area contributed by atoms with Gasteiger partial charge in [0.1, 0.15) is 17.4 Å². The number of nitrogens with one attached hydrogen (secondary N) is 1. The van der Waals surface area contributed by atoms with Crippen LogP contribution < -0.4 is 15.7 Å². The molecule has 7 heteroatoms. The van der Waals surface area contributed by atoms with Crippen molar-refractivity contribution < 1.29 is 9.15 Å². The van der Waals surface area contributed by atoms with E-state index in [0.717, 1.165) is 37.1 Å². The van der Waals surface area contributed by atoms with Crippen LogP contribution in [0.2, 0.25) is 0 Å². The van der Waals surface area contributed by atoms with Gasteiger partial charge in [-0.2, -0.15) is 0 Å². The molecule has 3 aromatic heterocycles. The van der Waals surface area contributed by atoms with Crippen LogP contribution in [0.25, 0.3) is 28.0 Å². The highest BCUT2D eigenvalue weighted by Gasteiger charge is 2.16. The first-order valence-corrected chi connectivity index (χ1v) is 9.02. The van der Waals surface area contributed by atoms with E-state index in [1.807, 2.05) is 24.4 Å². The van der Waals surface area contributed by atoms with Crippen molar-refractivity contribution >= 4 is 16.7 Å². The quantitative estimate of drug-likeness (QED) is 0.564. The van der Waals surface area contributed by atoms with Gasteiger partial charge >= 0.3 is 5.63 Å². The smallest absolute Gasteiger partial charge is 0.345 e. The van der Waals surface area contributed by atoms with Crippen LogP contribution in [0.3, 0.4) is 0 Å². The maximum absolute atomic E-state index is 12.5. The summed E-state index contributed by atoms with van der Waals surface area (Å²) < 4.78 is 13.4. The van der Waals surface area contributed by atoms with Gasteiger partial charge in [0.25, 0.3) is 0 Å². The molecule has 1 N–H and O–H groups in total. The summed E-state index contributed by atoms with van der Waals surface area (Å²) in [6, 6.07) is 9.22. The van der Waals surface area contributed by atoms with Crippen LogP contribution in [0.1, 0.15) is 12.8 Å². The van der Waals surface area contributed by atoms with Crippen LogP contribution in [0.15, 0.2) is 58.1 Å². The monoisotopic (exact) mass is 362 g/mol. The molecule has 5 rings (SSSR count). The molecule has 0 bridgehead atoms. The Morgan fingerprint density at radius 1 is 1.22 bits per heavy atom. The Morgan fingerprint density at radius 2 is 2.11 bits per heavy atom. The highest BCUT2D eigenvalue weighted by molar-refractivity contribution is 5.82. The Labute approximate surface area is 154 Å². The first-order valence-electron chi connectivity index (χ1n) is 9.02. The lowest BCUT2D eigenvalue weighted by molar-refractivity contribution is 0.162. The Bertz CT molecular complexity index is 1140. The third-order valence-corrected chi connectivity index (χ3v) is 4.81. The maximum atomic E-state index is 12.5. The number of nitrogens with zero attached hydrogens (tertiary/aromatic N) is 3. The number of rotatable bonds is 3. The van der Waals surface area contributed by atoms with Gasteiger partial charge in [0.05, 0.1) is 11.3 Å². The molecule has 1 aliphatic heterocycles. The van der Waals surface area contributed by atoms with Crippen molar-refractivity contribution in [2.75, 3.05) is 13.1 Å². The molecule has 0 amide bonds.